The van der Waals surface area contributed by atoms with Gasteiger partial charge in [0.15, 0.2) is 0 Å². The fourth-order valence-corrected chi connectivity index (χ4v) is 6.14. The molecule has 8 heteroatoms. The zero-order valence-electron chi connectivity index (χ0n) is 22.2. The van der Waals surface area contributed by atoms with Gasteiger partial charge in [-0.2, -0.15) is 0 Å². The van der Waals surface area contributed by atoms with E-state index in [-0.39, 0.29) is 18.4 Å². The van der Waals surface area contributed by atoms with Crippen LogP contribution >= 0.6 is 0 Å². The van der Waals surface area contributed by atoms with Gasteiger partial charge in [-0.3, -0.25) is 14.4 Å². The minimum atomic E-state index is -1.02. The van der Waals surface area contributed by atoms with Crippen LogP contribution < -0.4 is 0 Å². The van der Waals surface area contributed by atoms with Gasteiger partial charge in [0, 0.05) is 25.2 Å². The molecule has 8 nitrogen and oxygen atoms in total. The summed E-state index contributed by atoms with van der Waals surface area (Å²) in [4.78, 5) is 44.6. The van der Waals surface area contributed by atoms with Crippen molar-refractivity contribution in [2.45, 2.75) is 95.4 Å². The molecule has 1 spiro atoms. The molecule has 5 atom stereocenters. The number of amides is 2. The summed E-state index contributed by atoms with van der Waals surface area (Å²) in [5.41, 5.74) is -1.50. The van der Waals surface area contributed by atoms with Crippen LogP contribution in [-0.4, -0.2) is 82.3 Å². The number of fused-ring (bicyclic) bond motifs is 1. The average Bonchev–Trinajstić information content (AvgIpc) is 3.46. The molecule has 3 aliphatic heterocycles. The van der Waals surface area contributed by atoms with E-state index in [1.807, 2.05) is 26.8 Å². The molecule has 2 bridgehead atoms. The molecule has 3 fully saturated rings. The zero-order valence-corrected chi connectivity index (χ0v) is 22.2. The molecule has 3 aliphatic rings. The number of aliphatic hydroxyl groups is 1. The Hall–Kier alpha value is -2.19. The second-order valence-electron chi connectivity index (χ2n) is 11.2. The van der Waals surface area contributed by atoms with Gasteiger partial charge in [-0.15, -0.1) is 13.2 Å². The maximum absolute atomic E-state index is 14.1. The summed E-state index contributed by atoms with van der Waals surface area (Å²) >= 11 is 0. The number of hydrogen-bond acceptors (Lipinski definition) is 6. The number of rotatable bonds is 14. The second-order valence-corrected chi connectivity index (χ2v) is 11.2. The van der Waals surface area contributed by atoms with Gasteiger partial charge in [0.1, 0.15) is 11.6 Å². The van der Waals surface area contributed by atoms with E-state index in [0.29, 0.717) is 45.4 Å². The van der Waals surface area contributed by atoms with Crippen molar-refractivity contribution in [2.75, 3.05) is 26.3 Å². The number of ether oxygens (including phenoxy) is 2. The molecule has 3 heterocycles. The van der Waals surface area contributed by atoms with Gasteiger partial charge in [-0.25, -0.2) is 0 Å². The first kappa shape index (κ1) is 28.4. The van der Waals surface area contributed by atoms with Crippen LogP contribution in [0, 0.1) is 11.8 Å². The van der Waals surface area contributed by atoms with Gasteiger partial charge in [0.2, 0.25) is 11.8 Å². The summed E-state index contributed by atoms with van der Waals surface area (Å²) in [7, 11) is 0. The lowest BCUT2D eigenvalue weighted by Gasteiger charge is -2.42. The van der Waals surface area contributed by atoms with Crippen LogP contribution in [0.5, 0.6) is 0 Å². The maximum Gasteiger partial charge on any atom is 0.312 e. The van der Waals surface area contributed by atoms with E-state index in [4.69, 9.17) is 9.47 Å². The molecular formula is C28H44N2O6. The molecule has 0 aromatic heterocycles. The fraction of sp³-hybridized carbons (Fsp3) is 0.750. The molecule has 1 N–H and O–H groups in total. The predicted molar refractivity (Wildman–Crippen MR) is 137 cm³/mol. The summed E-state index contributed by atoms with van der Waals surface area (Å²) in [6, 6.07) is -0.793. The van der Waals surface area contributed by atoms with Crippen LogP contribution in [0.4, 0.5) is 0 Å². The van der Waals surface area contributed by atoms with Crippen LogP contribution in [0.1, 0.15) is 72.1 Å². The van der Waals surface area contributed by atoms with Crippen LogP contribution in [0.25, 0.3) is 0 Å². The largest absolute Gasteiger partial charge is 0.465 e. The van der Waals surface area contributed by atoms with Crippen molar-refractivity contribution in [3.63, 3.8) is 0 Å². The summed E-state index contributed by atoms with van der Waals surface area (Å²) in [5.74, 6) is -2.16. The first-order valence-corrected chi connectivity index (χ1v) is 13.4. The number of hydrogen-bond donors (Lipinski definition) is 1. The maximum atomic E-state index is 14.1. The predicted octanol–water partition coefficient (Wildman–Crippen LogP) is 3.24. The quantitative estimate of drug-likeness (QED) is 0.222. The molecule has 202 valence electrons. The van der Waals surface area contributed by atoms with Gasteiger partial charge in [-0.05, 0) is 72.1 Å². The third-order valence-electron chi connectivity index (χ3n) is 7.80. The van der Waals surface area contributed by atoms with E-state index in [2.05, 4.69) is 13.2 Å². The Morgan fingerprint density at radius 3 is 2.58 bits per heavy atom. The lowest BCUT2D eigenvalue weighted by atomic mass is 9.70. The molecule has 0 aromatic rings. The van der Waals surface area contributed by atoms with E-state index in [9.17, 15) is 19.5 Å². The highest BCUT2D eigenvalue weighted by molar-refractivity contribution is 5.98. The van der Waals surface area contributed by atoms with Crippen LogP contribution in [-0.2, 0) is 23.9 Å². The topological polar surface area (TPSA) is 96.4 Å². The summed E-state index contributed by atoms with van der Waals surface area (Å²) in [6.45, 7) is 14.6. The molecule has 36 heavy (non-hydrogen) atoms. The highest BCUT2D eigenvalue weighted by Gasteiger charge is 2.75. The van der Waals surface area contributed by atoms with E-state index < -0.39 is 41.1 Å². The monoisotopic (exact) mass is 504 g/mol. The Morgan fingerprint density at radius 1 is 1.19 bits per heavy atom. The van der Waals surface area contributed by atoms with E-state index in [1.54, 1.807) is 15.9 Å². The van der Waals surface area contributed by atoms with Crippen molar-refractivity contribution >= 4 is 17.8 Å². The highest BCUT2D eigenvalue weighted by Crippen LogP contribution is 2.59. The van der Waals surface area contributed by atoms with Crippen LogP contribution in [0.2, 0.25) is 0 Å². The van der Waals surface area contributed by atoms with E-state index in [1.165, 1.54) is 0 Å². The van der Waals surface area contributed by atoms with Crippen molar-refractivity contribution in [1.29, 1.82) is 0 Å². The lowest BCUT2D eigenvalue weighted by molar-refractivity contribution is -0.156. The van der Waals surface area contributed by atoms with Gasteiger partial charge >= 0.3 is 5.97 Å². The zero-order chi connectivity index (χ0) is 26.5. The molecule has 0 aliphatic carbocycles. The Kier molecular flexibility index (Phi) is 9.39. The van der Waals surface area contributed by atoms with E-state index >= 15 is 0 Å². The number of esters is 1. The van der Waals surface area contributed by atoms with Crippen LogP contribution in [0.15, 0.2) is 25.3 Å². The number of aliphatic hydroxyl groups excluding tert-OH is 1. The summed E-state index contributed by atoms with van der Waals surface area (Å²) < 4.78 is 12.1. The number of likely N-dealkylation sites (tertiary alicyclic amines) is 1. The van der Waals surface area contributed by atoms with Gasteiger partial charge < -0.3 is 24.4 Å². The molecule has 2 amide bonds. The third kappa shape index (κ3) is 5.40. The van der Waals surface area contributed by atoms with Crippen LogP contribution in [0.3, 0.4) is 0 Å². The summed E-state index contributed by atoms with van der Waals surface area (Å²) in [5, 5.41) is 9.18. The summed E-state index contributed by atoms with van der Waals surface area (Å²) in [6.07, 6.45) is 8.84. The number of carbonyl (C=O) groups excluding carboxylic acids is 3. The number of allylic oxidation sites excluding steroid dienone is 1. The molecule has 3 rings (SSSR count). The highest BCUT2D eigenvalue weighted by atomic mass is 16.6. The minimum absolute atomic E-state index is 0.0888. The first-order valence-electron chi connectivity index (χ1n) is 13.4. The SMILES string of the molecule is C=CCCCCOC(=O)[C@@H]1[C@H]2C(=O)N(CCCCCO)C(C(=O)N(CC=C)C(C)(C)C)C23CC[C@H]1O3. The Balaban J connectivity index is 1.89. The smallest absolute Gasteiger partial charge is 0.312 e. The third-order valence-corrected chi connectivity index (χ3v) is 7.80. The average molecular weight is 505 g/mol. The molecule has 2 unspecified atom stereocenters. The van der Waals surface area contributed by atoms with Gasteiger partial charge in [0.05, 0.1) is 24.5 Å². The van der Waals surface area contributed by atoms with Crippen molar-refractivity contribution in [2.24, 2.45) is 11.8 Å². The van der Waals surface area contributed by atoms with Gasteiger partial charge in [-0.1, -0.05) is 12.2 Å². The molecule has 0 radical (unpaired) electrons. The normalized spacial score (nSPS) is 28.8. The number of carbonyl (C=O) groups is 3. The Morgan fingerprint density at radius 2 is 1.94 bits per heavy atom. The Bertz CT molecular complexity index is 836. The van der Waals surface area contributed by atoms with E-state index in [0.717, 1.165) is 25.7 Å². The van der Waals surface area contributed by atoms with Crippen molar-refractivity contribution < 1.29 is 29.0 Å². The Labute approximate surface area is 215 Å². The number of unbranched alkanes of at least 4 members (excludes halogenated alkanes) is 4. The van der Waals surface area contributed by atoms with Crippen molar-refractivity contribution in [3.05, 3.63) is 25.3 Å². The molecular weight excluding hydrogens is 460 g/mol. The van der Waals surface area contributed by atoms with Crippen molar-refractivity contribution in [1.82, 2.24) is 9.80 Å². The minimum Gasteiger partial charge on any atom is -0.465 e. The standard InChI is InChI=1S/C28H44N2O6/c1-6-8-9-13-19-35-26(34)21-20-14-15-28(36-20)22(21)24(32)29(17-11-10-12-18-31)23(28)25(33)30(16-7-2)27(3,4)5/h6-7,20-23,31H,1-2,8-19H2,3-5H3/t20-,21+,22+,23?,28?/m1/s1. The fourth-order valence-electron chi connectivity index (χ4n) is 6.14. The molecule has 3 saturated heterocycles. The van der Waals surface area contributed by atoms with Crippen molar-refractivity contribution in [3.8, 4) is 0 Å². The lowest BCUT2D eigenvalue weighted by Crippen LogP contribution is -2.59. The van der Waals surface area contributed by atoms with Gasteiger partial charge in [0.25, 0.3) is 0 Å². The molecule has 0 aromatic carbocycles. The number of nitrogens with zero attached hydrogens (tertiary/aromatic N) is 2. The molecule has 0 saturated carbocycles. The first-order chi connectivity index (χ1) is 17.1. The second kappa shape index (κ2) is 11.9.